The Kier molecular flexibility index (Phi) is 6.79. The van der Waals surface area contributed by atoms with E-state index in [-0.39, 0.29) is 5.91 Å². The fourth-order valence-electron chi connectivity index (χ4n) is 3.09. The predicted molar refractivity (Wildman–Crippen MR) is 97.2 cm³/mol. The normalized spacial score (nSPS) is 16.8. The molecule has 25 heavy (non-hydrogen) atoms. The molecule has 2 rings (SSSR count). The van der Waals surface area contributed by atoms with Gasteiger partial charge in [0.15, 0.2) is 0 Å². The lowest BCUT2D eigenvalue weighted by molar-refractivity contribution is -0.118. The summed E-state index contributed by atoms with van der Waals surface area (Å²) in [6, 6.07) is 4.69. The van der Waals surface area contributed by atoms with Gasteiger partial charge >= 0.3 is 6.09 Å². The number of rotatable bonds is 5. The van der Waals surface area contributed by atoms with Crippen LogP contribution < -0.4 is 10.6 Å². The van der Waals surface area contributed by atoms with Gasteiger partial charge in [0.2, 0.25) is 5.91 Å². The first-order valence-corrected chi connectivity index (χ1v) is 9.05. The first-order valence-electron chi connectivity index (χ1n) is 9.05. The van der Waals surface area contributed by atoms with Gasteiger partial charge in [0, 0.05) is 6.20 Å². The molecule has 2 N–H and O–H groups in total. The highest BCUT2D eigenvalue weighted by Gasteiger charge is 2.28. The van der Waals surface area contributed by atoms with E-state index in [9.17, 15) is 9.59 Å². The number of carbonyl (C=O) groups is 2. The number of nitrogens with zero attached hydrogens (tertiary/aromatic N) is 1. The summed E-state index contributed by atoms with van der Waals surface area (Å²) in [5.41, 5.74) is -0.600. The van der Waals surface area contributed by atoms with Crippen LogP contribution >= 0.6 is 0 Å². The second-order valence-electron chi connectivity index (χ2n) is 7.64. The third-order valence-electron chi connectivity index (χ3n) is 4.22. The Morgan fingerprint density at radius 1 is 1.24 bits per heavy atom. The molecule has 1 heterocycles. The second-order valence-corrected chi connectivity index (χ2v) is 7.64. The number of amides is 2. The number of hydrogen-bond donors (Lipinski definition) is 2. The summed E-state index contributed by atoms with van der Waals surface area (Å²) in [4.78, 5) is 28.9. The number of hydrogen-bond acceptors (Lipinski definition) is 4. The van der Waals surface area contributed by atoms with Crippen LogP contribution in [-0.4, -0.2) is 28.6 Å². The van der Waals surface area contributed by atoms with Crippen LogP contribution in [0.25, 0.3) is 0 Å². The molecule has 1 aliphatic rings. The van der Waals surface area contributed by atoms with Crippen molar-refractivity contribution in [1.82, 2.24) is 10.3 Å². The lowest BCUT2D eigenvalue weighted by atomic mass is 9.84. The van der Waals surface area contributed by atoms with Crippen molar-refractivity contribution in [2.75, 3.05) is 5.32 Å². The molecule has 1 saturated carbocycles. The molecule has 6 nitrogen and oxygen atoms in total. The maximum absolute atomic E-state index is 12.7. The van der Waals surface area contributed by atoms with Gasteiger partial charge in [-0.15, -0.1) is 0 Å². The fraction of sp³-hybridized carbons (Fsp3) is 0.632. The Bertz CT molecular complexity index is 563. The van der Waals surface area contributed by atoms with Gasteiger partial charge in [0.1, 0.15) is 17.5 Å². The lowest BCUT2D eigenvalue weighted by Crippen LogP contribution is -2.47. The summed E-state index contributed by atoms with van der Waals surface area (Å²) in [6.45, 7) is 5.41. The van der Waals surface area contributed by atoms with Crippen LogP contribution in [0.15, 0.2) is 24.4 Å². The van der Waals surface area contributed by atoms with E-state index in [4.69, 9.17) is 4.74 Å². The highest BCUT2D eigenvalue weighted by molar-refractivity contribution is 5.95. The van der Waals surface area contributed by atoms with Gasteiger partial charge in [-0.3, -0.25) is 4.79 Å². The average Bonchev–Trinajstić information content (AvgIpc) is 2.54. The smallest absolute Gasteiger partial charge is 0.408 e. The van der Waals surface area contributed by atoms with Crippen molar-refractivity contribution in [3.8, 4) is 0 Å². The molecule has 1 aliphatic carbocycles. The summed E-state index contributed by atoms with van der Waals surface area (Å²) in [5, 5.41) is 5.52. The van der Waals surface area contributed by atoms with Crippen LogP contribution in [0.5, 0.6) is 0 Å². The van der Waals surface area contributed by atoms with Crippen LogP contribution in [0.1, 0.15) is 59.3 Å². The molecule has 1 aromatic heterocycles. The number of carbonyl (C=O) groups excluding carboxylic acids is 2. The Balaban J connectivity index is 2.01. The van der Waals surface area contributed by atoms with Gasteiger partial charge in [-0.05, 0) is 45.2 Å². The van der Waals surface area contributed by atoms with Gasteiger partial charge in [-0.2, -0.15) is 0 Å². The minimum atomic E-state index is -0.625. The molecule has 1 atom stereocenters. The molecule has 1 fully saturated rings. The van der Waals surface area contributed by atoms with Gasteiger partial charge in [0.05, 0.1) is 0 Å². The number of ether oxygens (including phenoxy) is 1. The van der Waals surface area contributed by atoms with Gasteiger partial charge in [-0.25, -0.2) is 9.78 Å². The van der Waals surface area contributed by atoms with E-state index in [1.807, 2.05) is 0 Å². The first-order chi connectivity index (χ1) is 11.8. The molecule has 0 spiro atoms. The Morgan fingerprint density at radius 3 is 2.56 bits per heavy atom. The van der Waals surface area contributed by atoms with Crippen LogP contribution in [0, 0.1) is 5.92 Å². The summed E-state index contributed by atoms with van der Waals surface area (Å²) in [6.07, 6.45) is 7.50. The fourth-order valence-corrected chi connectivity index (χ4v) is 3.09. The standard InChI is InChI=1S/C19H29N3O3/c1-19(2,3)25-18(24)21-15(13-14-9-5-4-6-10-14)17(23)22-16-11-7-8-12-20-16/h7-8,11-12,14-15H,4-6,9-10,13H2,1-3H3,(H,21,24)(H,20,22,23)/t15-/m0/s1. The molecule has 0 bridgehead atoms. The van der Waals surface area contributed by atoms with Crippen molar-refractivity contribution >= 4 is 17.8 Å². The highest BCUT2D eigenvalue weighted by atomic mass is 16.6. The zero-order chi connectivity index (χ0) is 18.3. The third kappa shape index (κ3) is 7.11. The average molecular weight is 347 g/mol. The highest BCUT2D eigenvalue weighted by Crippen LogP contribution is 2.27. The number of aromatic nitrogens is 1. The van der Waals surface area contributed by atoms with E-state index < -0.39 is 17.7 Å². The second kappa shape index (κ2) is 8.83. The van der Waals surface area contributed by atoms with E-state index >= 15 is 0 Å². The zero-order valence-corrected chi connectivity index (χ0v) is 15.4. The van der Waals surface area contributed by atoms with Crippen molar-refractivity contribution in [3.05, 3.63) is 24.4 Å². The number of nitrogens with one attached hydrogen (secondary N) is 2. The molecular weight excluding hydrogens is 318 g/mol. The van der Waals surface area contributed by atoms with Gasteiger partial charge in [0.25, 0.3) is 0 Å². The molecule has 2 amide bonds. The maximum atomic E-state index is 12.7. The zero-order valence-electron chi connectivity index (χ0n) is 15.4. The maximum Gasteiger partial charge on any atom is 0.408 e. The summed E-state index contributed by atoms with van der Waals surface area (Å²) in [5.74, 6) is 0.672. The Labute approximate surface area is 149 Å². The number of alkyl carbamates (subject to hydrolysis) is 1. The van der Waals surface area contributed by atoms with E-state index in [1.165, 1.54) is 19.3 Å². The van der Waals surface area contributed by atoms with E-state index in [0.29, 0.717) is 18.2 Å². The first kappa shape index (κ1) is 19.2. The molecule has 1 aromatic rings. The molecule has 6 heteroatoms. The molecule has 0 radical (unpaired) electrons. The minimum Gasteiger partial charge on any atom is -0.444 e. The van der Waals surface area contributed by atoms with Crippen molar-refractivity contribution in [3.63, 3.8) is 0 Å². The SMILES string of the molecule is CC(C)(C)OC(=O)N[C@@H](CC1CCCCC1)C(=O)Nc1ccccn1. The predicted octanol–water partition coefficient (Wildman–Crippen LogP) is 3.88. The number of pyridine rings is 1. The van der Waals surface area contributed by atoms with Crippen LogP contribution in [0.2, 0.25) is 0 Å². The quantitative estimate of drug-likeness (QED) is 0.847. The van der Waals surface area contributed by atoms with Crippen molar-refractivity contribution in [2.24, 2.45) is 5.92 Å². The minimum absolute atomic E-state index is 0.255. The summed E-state index contributed by atoms with van der Waals surface area (Å²) < 4.78 is 5.31. The monoisotopic (exact) mass is 347 g/mol. The van der Waals surface area contributed by atoms with Crippen LogP contribution in [0.4, 0.5) is 10.6 Å². The van der Waals surface area contributed by atoms with Crippen molar-refractivity contribution < 1.29 is 14.3 Å². The molecule has 0 aliphatic heterocycles. The molecule has 138 valence electrons. The third-order valence-corrected chi connectivity index (χ3v) is 4.22. The number of anilines is 1. The van der Waals surface area contributed by atoms with Crippen LogP contribution in [-0.2, 0) is 9.53 Å². The van der Waals surface area contributed by atoms with Gasteiger partial charge in [-0.1, -0.05) is 38.2 Å². The Hall–Kier alpha value is -2.11. The summed E-state index contributed by atoms with van der Waals surface area (Å²) >= 11 is 0. The molecular formula is C19H29N3O3. The summed E-state index contributed by atoms with van der Waals surface area (Å²) in [7, 11) is 0. The van der Waals surface area contributed by atoms with Crippen molar-refractivity contribution in [1.29, 1.82) is 0 Å². The Morgan fingerprint density at radius 2 is 1.96 bits per heavy atom. The van der Waals surface area contributed by atoms with E-state index in [0.717, 1.165) is 12.8 Å². The van der Waals surface area contributed by atoms with Gasteiger partial charge < -0.3 is 15.4 Å². The van der Waals surface area contributed by atoms with E-state index in [1.54, 1.807) is 45.2 Å². The van der Waals surface area contributed by atoms with E-state index in [2.05, 4.69) is 15.6 Å². The molecule has 0 saturated heterocycles. The molecule has 0 aromatic carbocycles. The molecule has 0 unspecified atom stereocenters. The lowest BCUT2D eigenvalue weighted by Gasteiger charge is -2.27. The van der Waals surface area contributed by atoms with Crippen molar-refractivity contribution in [2.45, 2.75) is 70.9 Å². The largest absolute Gasteiger partial charge is 0.444 e. The topological polar surface area (TPSA) is 80.3 Å². The van der Waals surface area contributed by atoms with Crippen LogP contribution in [0.3, 0.4) is 0 Å².